The van der Waals surface area contributed by atoms with Gasteiger partial charge in [-0.05, 0) is 61.7 Å². The van der Waals surface area contributed by atoms with E-state index in [1.165, 1.54) is 6.21 Å². The average molecular weight is 429 g/mol. The SMILES string of the molecule is Cc1ccc(C)c(NC(=O)C(=O)N/N=C/c2ccccc2OC(=O)c2ccccc2C)c1. The Labute approximate surface area is 186 Å². The number of carbonyl (C=O) groups excluding carboxylic acids is 3. The largest absolute Gasteiger partial charge is 0.422 e. The van der Waals surface area contributed by atoms with E-state index in [1.807, 2.05) is 45.0 Å². The highest BCUT2D eigenvalue weighted by Crippen LogP contribution is 2.19. The molecule has 0 aromatic heterocycles. The van der Waals surface area contributed by atoms with Gasteiger partial charge in [0, 0.05) is 11.3 Å². The van der Waals surface area contributed by atoms with Crippen LogP contribution in [0.25, 0.3) is 0 Å². The Bertz CT molecular complexity index is 1200. The van der Waals surface area contributed by atoms with Crippen LogP contribution in [0, 0.1) is 20.8 Å². The Hall–Kier alpha value is -4.26. The number of benzene rings is 3. The van der Waals surface area contributed by atoms with E-state index in [4.69, 9.17) is 4.74 Å². The molecule has 3 rings (SSSR count). The number of hydrogen-bond acceptors (Lipinski definition) is 5. The number of para-hydroxylation sites is 1. The van der Waals surface area contributed by atoms with Gasteiger partial charge in [0.25, 0.3) is 0 Å². The van der Waals surface area contributed by atoms with E-state index in [-0.39, 0.29) is 5.75 Å². The average Bonchev–Trinajstić information content (AvgIpc) is 2.77. The van der Waals surface area contributed by atoms with Gasteiger partial charge >= 0.3 is 17.8 Å². The molecule has 0 aliphatic heterocycles. The second-order valence-electron chi connectivity index (χ2n) is 7.21. The Morgan fingerprint density at radius 1 is 0.844 bits per heavy atom. The molecule has 162 valence electrons. The van der Waals surface area contributed by atoms with Crippen molar-refractivity contribution < 1.29 is 19.1 Å². The molecule has 0 spiro atoms. The molecule has 3 aromatic rings. The third-order valence-corrected chi connectivity index (χ3v) is 4.70. The molecule has 0 atom stereocenters. The van der Waals surface area contributed by atoms with Gasteiger partial charge in [-0.15, -0.1) is 0 Å². The predicted octanol–water partition coefficient (Wildman–Crippen LogP) is 3.92. The van der Waals surface area contributed by atoms with Gasteiger partial charge in [0.15, 0.2) is 0 Å². The van der Waals surface area contributed by atoms with Crippen molar-refractivity contribution in [3.05, 3.63) is 94.5 Å². The molecular formula is C25H23N3O4. The smallest absolute Gasteiger partial charge is 0.343 e. The molecule has 7 nitrogen and oxygen atoms in total. The summed E-state index contributed by atoms with van der Waals surface area (Å²) in [5.74, 6) is -1.98. The first-order chi connectivity index (χ1) is 15.3. The number of rotatable bonds is 5. The maximum absolute atomic E-state index is 12.5. The Balaban J connectivity index is 1.65. The van der Waals surface area contributed by atoms with Gasteiger partial charge in [0.2, 0.25) is 0 Å². The molecule has 32 heavy (non-hydrogen) atoms. The summed E-state index contributed by atoms with van der Waals surface area (Å²) in [4.78, 5) is 36.7. The molecular weight excluding hydrogens is 406 g/mol. The van der Waals surface area contributed by atoms with Crippen LogP contribution in [0.5, 0.6) is 5.75 Å². The van der Waals surface area contributed by atoms with Gasteiger partial charge in [-0.3, -0.25) is 9.59 Å². The van der Waals surface area contributed by atoms with Crippen molar-refractivity contribution in [2.24, 2.45) is 5.10 Å². The number of nitrogens with one attached hydrogen (secondary N) is 2. The summed E-state index contributed by atoms with van der Waals surface area (Å²) in [6, 6.07) is 19.4. The van der Waals surface area contributed by atoms with E-state index in [0.29, 0.717) is 16.8 Å². The minimum atomic E-state index is -0.920. The van der Waals surface area contributed by atoms with Crippen LogP contribution < -0.4 is 15.5 Å². The highest BCUT2D eigenvalue weighted by molar-refractivity contribution is 6.39. The van der Waals surface area contributed by atoms with Gasteiger partial charge < -0.3 is 10.1 Å². The number of nitrogens with zero attached hydrogens (tertiary/aromatic N) is 1. The van der Waals surface area contributed by atoms with Crippen molar-refractivity contribution in [1.29, 1.82) is 0 Å². The second-order valence-corrected chi connectivity index (χ2v) is 7.21. The summed E-state index contributed by atoms with van der Waals surface area (Å²) >= 11 is 0. The zero-order chi connectivity index (χ0) is 23.1. The summed E-state index contributed by atoms with van der Waals surface area (Å²) < 4.78 is 5.50. The van der Waals surface area contributed by atoms with Crippen molar-refractivity contribution in [3.63, 3.8) is 0 Å². The van der Waals surface area contributed by atoms with Crippen LogP contribution in [0.3, 0.4) is 0 Å². The number of esters is 1. The number of aryl methyl sites for hydroxylation is 3. The Kier molecular flexibility index (Phi) is 7.13. The summed E-state index contributed by atoms with van der Waals surface area (Å²) in [6.45, 7) is 5.55. The first-order valence-corrected chi connectivity index (χ1v) is 9.93. The molecule has 2 N–H and O–H groups in total. The minimum Gasteiger partial charge on any atom is -0.422 e. The Morgan fingerprint density at radius 2 is 1.56 bits per heavy atom. The lowest BCUT2D eigenvalue weighted by Crippen LogP contribution is -2.32. The van der Waals surface area contributed by atoms with E-state index in [9.17, 15) is 14.4 Å². The highest BCUT2D eigenvalue weighted by Gasteiger charge is 2.15. The van der Waals surface area contributed by atoms with Crippen molar-refractivity contribution in [3.8, 4) is 5.75 Å². The maximum atomic E-state index is 12.5. The lowest BCUT2D eigenvalue weighted by Gasteiger charge is -2.09. The zero-order valence-corrected chi connectivity index (χ0v) is 18.0. The van der Waals surface area contributed by atoms with E-state index in [2.05, 4.69) is 15.8 Å². The molecule has 0 fully saturated rings. The molecule has 0 aliphatic rings. The molecule has 0 radical (unpaired) electrons. The van der Waals surface area contributed by atoms with Crippen LogP contribution in [0.1, 0.15) is 32.6 Å². The molecule has 7 heteroatoms. The molecule has 0 bridgehead atoms. The lowest BCUT2D eigenvalue weighted by molar-refractivity contribution is -0.136. The molecule has 0 saturated heterocycles. The number of carbonyl (C=O) groups is 3. The van der Waals surface area contributed by atoms with E-state index in [0.717, 1.165) is 16.7 Å². The maximum Gasteiger partial charge on any atom is 0.343 e. The first kappa shape index (κ1) is 22.4. The van der Waals surface area contributed by atoms with E-state index < -0.39 is 17.8 Å². The second kappa shape index (κ2) is 10.2. The van der Waals surface area contributed by atoms with Crippen LogP contribution >= 0.6 is 0 Å². The number of hydrogen-bond donors (Lipinski definition) is 2. The van der Waals surface area contributed by atoms with Crippen molar-refractivity contribution in [1.82, 2.24) is 5.43 Å². The quantitative estimate of drug-likeness (QED) is 0.211. The van der Waals surface area contributed by atoms with Crippen LogP contribution in [0.15, 0.2) is 71.8 Å². The highest BCUT2D eigenvalue weighted by atomic mass is 16.5. The molecule has 0 unspecified atom stereocenters. The summed E-state index contributed by atoms with van der Waals surface area (Å²) in [7, 11) is 0. The summed E-state index contributed by atoms with van der Waals surface area (Å²) in [5.41, 5.74) is 6.25. The van der Waals surface area contributed by atoms with E-state index in [1.54, 1.807) is 42.5 Å². The number of hydrazone groups is 1. The molecule has 2 amide bonds. The molecule has 0 saturated carbocycles. The third kappa shape index (κ3) is 5.66. The van der Waals surface area contributed by atoms with Crippen molar-refractivity contribution in [2.75, 3.05) is 5.32 Å². The van der Waals surface area contributed by atoms with Crippen LogP contribution in [-0.2, 0) is 9.59 Å². The number of ether oxygens (including phenoxy) is 1. The standard InChI is InChI=1S/C25H23N3O4/c1-16-12-13-18(3)21(14-16)27-23(29)24(30)28-26-15-19-9-5-7-11-22(19)32-25(31)20-10-6-4-8-17(20)2/h4-15H,1-3H3,(H,27,29)(H,28,30)/b26-15+. The predicted molar refractivity (Wildman–Crippen MR) is 123 cm³/mol. The van der Waals surface area contributed by atoms with Gasteiger partial charge in [-0.1, -0.05) is 42.5 Å². The summed E-state index contributed by atoms with van der Waals surface area (Å²) in [5, 5.41) is 6.39. The minimum absolute atomic E-state index is 0.276. The first-order valence-electron chi connectivity index (χ1n) is 9.93. The Morgan fingerprint density at radius 3 is 2.34 bits per heavy atom. The van der Waals surface area contributed by atoms with Crippen molar-refractivity contribution in [2.45, 2.75) is 20.8 Å². The fourth-order valence-electron chi connectivity index (χ4n) is 2.90. The topological polar surface area (TPSA) is 96.9 Å². The normalized spacial score (nSPS) is 10.6. The van der Waals surface area contributed by atoms with E-state index >= 15 is 0 Å². The zero-order valence-electron chi connectivity index (χ0n) is 18.0. The fraction of sp³-hybridized carbons (Fsp3) is 0.120. The molecule has 0 heterocycles. The van der Waals surface area contributed by atoms with Gasteiger partial charge in [0.1, 0.15) is 5.75 Å². The van der Waals surface area contributed by atoms with Crippen LogP contribution in [0.4, 0.5) is 5.69 Å². The van der Waals surface area contributed by atoms with Crippen LogP contribution in [-0.4, -0.2) is 24.0 Å². The monoisotopic (exact) mass is 429 g/mol. The number of anilines is 1. The van der Waals surface area contributed by atoms with Gasteiger partial charge in [0.05, 0.1) is 11.8 Å². The van der Waals surface area contributed by atoms with Crippen LogP contribution in [0.2, 0.25) is 0 Å². The third-order valence-electron chi connectivity index (χ3n) is 4.70. The lowest BCUT2D eigenvalue weighted by atomic mass is 10.1. The molecule has 0 aliphatic carbocycles. The fourth-order valence-corrected chi connectivity index (χ4v) is 2.90. The van der Waals surface area contributed by atoms with Gasteiger partial charge in [-0.2, -0.15) is 5.10 Å². The molecule has 3 aromatic carbocycles. The van der Waals surface area contributed by atoms with Crippen molar-refractivity contribution >= 4 is 29.7 Å². The summed E-state index contributed by atoms with van der Waals surface area (Å²) in [6.07, 6.45) is 1.31. The van der Waals surface area contributed by atoms with Gasteiger partial charge in [-0.25, -0.2) is 10.2 Å². The number of amides is 2.